The lowest BCUT2D eigenvalue weighted by Gasteiger charge is -2.36. The summed E-state index contributed by atoms with van der Waals surface area (Å²) in [5.41, 5.74) is 3.32. The maximum Gasteiger partial charge on any atom is 0.147 e. The molecule has 0 atom stereocenters. The van der Waals surface area contributed by atoms with Gasteiger partial charge in [-0.3, -0.25) is 4.98 Å². The highest BCUT2D eigenvalue weighted by atomic mass is 35.5. The second-order valence-corrected chi connectivity index (χ2v) is 8.11. The van der Waals surface area contributed by atoms with Crippen molar-refractivity contribution in [3.8, 4) is 0 Å². The summed E-state index contributed by atoms with van der Waals surface area (Å²) in [6, 6.07) is 4.64. The third-order valence-corrected chi connectivity index (χ3v) is 6.61. The van der Waals surface area contributed by atoms with Gasteiger partial charge >= 0.3 is 0 Å². The van der Waals surface area contributed by atoms with E-state index in [-0.39, 0.29) is 0 Å². The number of rotatable bonds is 3. The first-order valence-corrected chi connectivity index (χ1v) is 9.75. The fourth-order valence-electron chi connectivity index (χ4n) is 3.60. The van der Waals surface area contributed by atoms with Gasteiger partial charge in [0, 0.05) is 30.0 Å². The molecular weight excluding hydrogens is 366 g/mol. The molecule has 1 N–H and O–H groups in total. The normalized spacial score (nSPS) is 19.6. The van der Waals surface area contributed by atoms with Gasteiger partial charge in [0.15, 0.2) is 0 Å². The van der Waals surface area contributed by atoms with Gasteiger partial charge in [-0.25, -0.2) is 15.0 Å². The summed E-state index contributed by atoms with van der Waals surface area (Å²) in [6.45, 7) is 2.01. The molecule has 4 aromatic heterocycles. The van der Waals surface area contributed by atoms with Crippen molar-refractivity contribution in [2.24, 2.45) is 0 Å². The van der Waals surface area contributed by atoms with Crippen LogP contribution in [0, 0.1) is 6.92 Å². The highest BCUT2D eigenvalue weighted by Crippen LogP contribution is 2.41. The van der Waals surface area contributed by atoms with Crippen LogP contribution in [0.25, 0.3) is 20.4 Å². The Morgan fingerprint density at radius 3 is 2.77 bits per heavy atom. The molecule has 7 heteroatoms. The lowest BCUT2D eigenvalue weighted by atomic mass is 9.76. The summed E-state index contributed by atoms with van der Waals surface area (Å²) >= 11 is 7.87. The zero-order chi connectivity index (χ0) is 17.7. The summed E-state index contributed by atoms with van der Waals surface area (Å²) in [6.07, 6.45) is 9.26. The van der Waals surface area contributed by atoms with Crippen LogP contribution in [0.1, 0.15) is 29.9 Å². The topological polar surface area (TPSA) is 63.6 Å². The van der Waals surface area contributed by atoms with E-state index in [0.717, 1.165) is 44.7 Å². The van der Waals surface area contributed by atoms with Crippen molar-refractivity contribution in [1.29, 1.82) is 0 Å². The third kappa shape index (κ3) is 2.52. The van der Waals surface area contributed by atoms with E-state index in [1.807, 2.05) is 19.3 Å². The number of hydrogen-bond acceptors (Lipinski definition) is 6. The second-order valence-electron chi connectivity index (χ2n) is 6.70. The minimum absolute atomic E-state index is 0.425. The number of aryl methyl sites for hydroxylation is 1. The molecule has 0 saturated heterocycles. The number of thiophene rings is 1. The van der Waals surface area contributed by atoms with Crippen molar-refractivity contribution in [3.05, 3.63) is 53.2 Å². The predicted octanol–water partition coefficient (Wildman–Crippen LogP) is 4.95. The number of anilines is 1. The molecular formula is C19H16ClN5S. The van der Waals surface area contributed by atoms with Gasteiger partial charge in [-0.2, -0.15) is 0 Å². The number of halogens is 1. The van der Waals surface area contributed by atoms with Gasteiger partial charge in [-0.05, 0) is 48.9 Å². The van der Waals surface area contributed by atoms with E-state index >= 15 is 0 Å². The van der Waals surface area contributed by atoms with Gasteiger partial charge in [0.1, 0.15) is 17.0 Å². The van der Waals surface area contributed by atoms with Crippen LogP contribution in [0.2, 0.25) is 5.02 Å². The van der Waals surface area contributed by atoms with Crippen molar-refractivity contribution in [2.45, 2.75) is 31.7 Å². The maximum absolute atomic E-state index is 6.25. The molecule has 130 valence electrons. The van der Waals surface area contributed by atoms with Crippen molar-refractivity contribution in [3.63, 3.8) is 0 Å². The Hall–Kier alpha value is -2.31. The average Bonchev–Trinajstić information content (AvgIpc) is 3.02. The first-order chi connectivity index (χ1) is 12.7. The maximum atomic E-state index is 6.25. The summed E-state index contributed by atoms with van der Waals surface area (Å²) < 4.78 is 1.05. The van der Waals surface area contributed by atoms with Crippen LogP contribution in [0.4, 0.5) is 5.82 Å². The van der Waals surface area contributed by atoms with Crippen molar-refractivity contribution in [2.75, 3.05) is 5.32 Å². The second kappa shape index (κ2) is 6.14. The Morgan fingerprint density at radius 1 is 1.15 bits per heavy atom. The molecule has 26 heavy (non-hydrogen) atoms. The number of fused-ring (bicyclic) bond motifs is 3. The van der Waals surface area contributed by atoms with E-state index in [1.165, 1.54) is 5.56 Å². The standard InChI is InChI=1S/C19H16ClN5S/c1-10-14(20)8-22-19-15(10)16-17(26-19)18(24-9-23-16)25-13-6-12(7-13)11-2-4-21-5-3-11/h2-5,8-9,12-13H,6-7H2,1H3,(H,23,24,25). The van der Waals surface area contributed by atoms with E-state index in [2.05, 4.69) is 37.4 Å². The number of nitrogens with one attached hydrogen (secondary N) is 1. The molecule has 0 aliphatic heterocycles. The first-order valence-electron chi connectivity index (χ1n) is 8.55. The van der Waals surface area contributed by atoms with Gasteiger partial charge in [-0.15, -0.1) is 11.3 Å². The Kier molecular flexibility index (Phi) is 3.76. The summed E-state index contributed by atoms with van der Waals surface area (Å²) in [7, 11) is 0. The van der Waals surface area contributed by atoms with Crippen LogP contribution in [-0.2, 0) is 0 Å². The quantitative estimate of drug-likeness (QED) is 0.543. The molecule has 1 aliphatic carbocycles. The van der Waals surface area contributed by atoms with Crippen LogP contribution >= 0.6 is 22.9 Å². The Bertz CT molecular complexity index is 1110. The van der Waals surface area contributed by atoms with E-state index in [4.69, 9.17) is 11.6 Å². The molecule has 0 unspecified atom stereocenters. The Labute approximate surface area is 159 Å². The Balaban J connectivity index is 1.44. The predicted molar refractivity (Wildman–Crippen MR) is 106 cm³/mol. The van der Waals surface area contributed by atoms with Crippen LogP contribution in [-0.4, -0.2) is 26.0 Å². The van der Waals surface area contributed by atoms with Crippen LogP contribution in [0.3, 0.4) is 0 Å². The molecule has 1 saturated carbocycles. The number of aromatic nitrogens is 4. The first kappa shape index (κ1) is 15.9. The SMILES string of the molecule is Cc1c(Cl)cnc2sc3c(NC4CC(c5ccncc5)C4)ncnc3c12. The fraction of sp³-hybridized carbons (Fsp3) is 0.263. The van der Waals surface area contributed by atoms with E-state index in [0.29, 0.717) is 17.0 Å². The lowest BCUT2D eigenvalue weighted by Crippen LogP contribution is -2.34. The van der Waals surface area contributed by atoms with Crippen molar-refractivity contribution in [1.82, 2.24) is 19.9 Å². The van der Waals surface area contributed by atoms with Crippen molar-refractivity contribution < 1.29 is 0 Å². The largest absolute Gasteiger partial charge is 0.366 e. The van der Waals surface area contributed by atoms with Crippen LogP contribution in [0.5, 0.6) is 0 Å². The minimum atomic E-state index is 0.425. The van der Waals surface area contributed by atoms with E-state index in [9.17, 15) is 0 Å². The summed E-state index contributed by atoms with van der Waals surface area (Å²) in [5, 5.41) is 5.30. The number of hydrogen-bond donors (Lipinski definition) is 1. The molecule has 0 bridgehead atoms. The average molecular weight is 382 g/mol. The van der Waals surface area contributed by atoms with E-state index in [1.54, 1.807) is 23.9 Å². The third-order valence-electron chi connectivity index (χ3n) is 5.14. The minimum Gasteiger partial charge on any atom is -0.366 e. The summed E-state index contributed by atoms with van der Waals surface area (Å²) in [4.78, 5) is 18.5. The molecule has 5 nitrogen and oxygen atoms in total. The number of pyridine rings is 2. The van der Waals surface area contributed by atoms with Gasteiger partial charge < -0.3 is 5.32 Å². The number of nitrogens with zero attached hydrogens (tertiary/aromatic N) is 4. The fourth-order valence-corrected chi connectivity index (χ4v) is 4.85. The zero-order valence-electron chi connectivity index (χ0n) is 14.1. The van der Waals surface area contributed by atoms with Gasteiger partial charge in [0.25, 0.3) is 0 Å². The molecule has 5 rings (SSSR count). The van der Waals surface area contributed by atoms with Crippen LogP contribution < -0.4 is 5.32 Å². The molecule has 1 aliphatic rings. The van der Waals surface area contributed by atoms with Gasteiger partial charge in [0.05, 0.1) is 15.2 Å². The molecule has 4 heterocycles. The Morgan fingerprint density at radius 2 is 1.96 bits per heavy atom. The molecule has 1 fully saturated rings. The lowest BCUT2D eigenvalue weighted by molar-refractivity contribution is 0.373. The monoisotopic (exact) mass is 381 g/mol. The zero-order valence-corrected chi connectivity index (χ0v) is 15.7. The highest BCUT2D eigenvalue weighted by Gasteiger charge is 2.31. The molecule has 0 amide bonds. The smallest absolute Gasteiger partial charge is 0.147 e. The molecule has 0 aromatic carbocycles. The van der Waals surface area contributed by atoms with E-state index < -0.39 is 0 Å². The van der Waals surface area contributed by atoms with Crippen LogP contribution in [0.15, 0.2) is 37.1 Å². The van der Waals surface area contributed by atoms with Gasteiger partial charge in [-0.1, -0.05) is 11.6 Å². The summed E-state index contributed by atoms with van der Waals surface area (Å²) in [5.74, 6) is 1.49. The van der Waals surface area contributed by atoms with Gasteiger partial charge in [0.2, 0.25) is 0 Å². The molecule has 0 spiro atoms. The molecule has 0 radical (unpaired) electrons. The molecule has 4 aromatic rings. The highest BCUT2D eigenvalue weighted by molar-refractivity contribution is 7.26. The van der Waals surface area contributed by atoms with Crippen molar-refractivity contribution >= 4 is 49.2 Å².